The van der Waals surface area contributed by atoms with Crippen molar-refractivity contribution in [1.82, 2.24) is 0 Å². The molecule has 82 valence electrons. The van der Waals surface area contributed by atoms with Gasteiger partial charge in [0.2, 0.25) is 0 Å². The van der Waals surface area contributed by atoms with Gasteiger partial charge in [-0.15, -0.1) is 0 Å². The molecule has 0 radical (unpaired) electrons. The molecule has 1 aliphatic heterocycles. The molecule has 0 aromatic heterocycles. The molecule has 1 nitrogen and oxygen atoms in total. The summed E-state index contributed by atoms with van der Waals surface area (Å²) < 4.78 is 5.69. The van der Waals surface area contributed by atoms with Crippen LogP contribution < -0.4 is 0 Å². The van der Waals surface area contributed by atoms with Crippen LogP contribution in [0, 0.1) is 12.8 Å². The third kappa shape index (κ3) is 3.07. The molecular formula is C14H20O. The van der Waals surface area contributed by atoms with E-state index in [2.05, 4.69) is 38.1 Å². The van der Waals surface area contributed by atoms with Gasteiger partial charge in [0.15, 0.2) is 0 Å². The highest BCUT2D eigenvalue weighted by Gasteiger charge is 2.18. The van der Waals surface area contributed by atoms with Gasteiger partial charge in [-0.2, -0.15) is 0 Å². The van der Waals surface area contributed by atoms with Crippen molar-refractivity contribution < 1.29 is 4.74 Å². The molecule has 0 amide bonds. The Morgan fingerprint density at radius 1 is 1.20 bits per heavy atom. The van der Waals surface area contributed by atoms with Crippen LogP contribution >= 0.6 is 0 Å². The van der Waals surface area contributed by atoms with Crippen molar-refractivity contribution in [2.45, 2.75) is 39.2 Å². The summed E-state index contributed by atoms with van der Waals surface area (Å²) in [5.41, 5.74) is 2.79. The molecule has 1 heterocycles. The lowest BCUT2D eigenvalue weighted by molar-refractivity contribution is -0.00467. The van der Waals surface area contributed by atoms with Gasteiger partial charge in [0.25, 0.3) is 0 Å². The maximum atomic E-state index is 5.69. The lowest BCUT2D eigenvalue weighted by Crippen LogP contribution is -2.24. The number of hydrogen-bond acceptors (Lipinski definition) is 1. The fraction of sp³-hybridized carbons (Fsp3) is 0.571. The molecule has 2 atom stereocenters. The lowest BCUT2D eigenvalue weighted by Gasteiger charge is -2.26. The van der Waals surface area contributed by atoms with Crippen molar-refractivity contribution in [1.29, 1.82) is 0 Å². The van der Waals surface area contributed by atoms with Crippen molar-refractivity contribution in [2.75, 3.05) is 6.61 Å². The van der Waals surface area contributed by atoms with Gasteiger partial charge in [-0.3, -0.25) is 0 Å². The Morgan fingerprint density at radius 3 is 2.53 bits per heavy atom. The van der Waals surface area contributed by atoms with Gasteiger partial charge in [-0.05, 0) is 44.6 Å². The molecule has 0 saturated carbocycles. The van der Waals surface area contributed by atoms with E-state index in [1.54, 1.807) is 0 Å². The second-order valence-electron chi connectivity index (χ2n) is 4.78. The normalized spacial score (nSPS) is 26.5. The molecule has 1 saturated heterocycles. The predicted molar refractivity (Wildman–Crippen MR) is 63.0 cm³/mol. The van der Waals surface area contributed by atoms with Crippen LogP contribution in [-0.2, 0) is 11.2 Å². The maximum Gasteiger partial charge on any atom is 0.0547 e. The van der Waals surface area contributed by atoms with Gasteiger partial charge < -0.3 is 4.74 Å². The van der Waals surface area contributed by atoms with E-state index in [4.69, 9.17) is 4.74 Å². The van der Waals surface area contributed by atoms with Crippen molar-refractivity contribution >= 4 is 0 Å². The second-order valence-corrected chi connectivity index (χ2v) is 4.78. The molecule has 0 N–H and O–H groups in total. The van der Waals surface area contributed by atoms with Crippen LogP contribution in [0.4, 0.5) is 0 Å². The highest BCUT2D eigenvalue weighted by Crippen LogP contribution is 2.22. The van der Waals surface area contributed by atoms with Gasteiger partial charge in [0.1, 0.15) is 0 Å². The predicted octanol–water partition coefficient (Wildman–Crippen LogP) is 3.35. The molecule has 15 heavy (non-hydrogen) atoms. The largest absolute Gasteiger partial charge is 0.378 e. The van der Waals surface area contributed by atoms with Crippen molar-refractivity contribution in [3.8, 4) is 0 Å². The second kappa shape index (κ2) is 4.80. The first-order chi connectivity index (χ1) is 7.24. The van der Waals surface area contributed by atoms with Gasteiger partial charge in [0.05, 0.1) is 12.7 Å². The van der Waals surface area contributed by atoms with Gasteiger partial charge in [-0.25, -0.2) is 0 Å². The summed E-state index contributed by atoms with van der Waals surface area (Å²) in [4.78, 5) is 0. The molecule has 2 unspecified atom stereocenters. The standard InChI is InChI=1S/C14H20O/c1-11-3-6-13(7-4-11)9-14-8-5-12(2)15-10-14/h3-4,6-7,12,14H,5,8-10H2,1-2H3. The van der Waals surface area contributed by atoms with Crippen LogP contribution in [0.15, 0.2) is 24.3 Å². The first kappa shape index (κ1) is 10.7. The summed E-state index contributed by atoms with van der Waals surface area (Å²) in [6.45, 7) is 5.24. The van der Waals surface area contributed by atoms with Crippen LogP contribution in [0.25, 0.3) is 0 Å². The van der Waals surface area contributed by atoms with Crippen molar-refractivity contribution in [3.05, 3.63) is 35.4 Å². The zero-order valence-electron chi connectivity index (χ0n) is 9.70. The molecule has 0 bridgehead atoms. The van der Waals surface area contributed by atoms with Crippen LogP contribution in [0.5, 0.6) is 0 Å². The monoisotopic (exact) mass is 204 g/mol. The fourth-order valence-corrected chi connectivity index (χ4v) is 2.16. The SMILES string of the molecule is Cc1ccc(CC2CCC(C)OC2)cc1. The molecule has 2 rings (SSSR count). The Morgan fingerprint density at radius 2 is 1.93 bits per heavy atom. The van der Waals surface area contributed by atoms with Gasteiger partial charge in [-0.1, -0.05) is 29.8 Å². The molecule has 1 fully saturated rings. The highest BCUT2D eigenvalue weighted by atomic mass is 16.5. The summed E-state index contributed by atoms with van der Waals surface area (Å²) >= 11 is 0. The Kier molecular flexibility index (Phi) is 3.42. The van der Waals surface area contributed by atoms with E-state index in [1.807, 2.05) is 0 Å². The number of hydrogen-bond donors (Lipinski definition) is 0. The number of rotatable bonds is 2. The Balaban J connectivity index is 1.89. The van der Waals surface area contributed by atoms with E-state index in [1.165, 1.54) is 30.4 Å². The quantitative estimate of drug-likeness (QED) is 0.718. The van der Waals surface area contributed by atoms with Crippen molar-refractivity contribution in [3.63, 3.8) is 0 Å². The van der Waals surface area contributed by atoms with Gasteiger partial charge >= 0.3 is 0 Å². The molecule has 1 aromatic carbocycles. The first-order valence-electron chi connectivity index (χ1n) is 5.91. The molecular weight excluding hydrogens is 184 g/mol. The number of aryl methyl sites for hydroxylation is 1. The Bertz CT molecular complexity index is 294. The molecule has 0 spiro atoms. The van der Waals surface area contributed by atoms with Crippen LogP contribution in [0.2, 0.25) is 0 Å². The third-order valence-electron chi connectivity index (χ3n) is 3.24. The molecule has 0 aliphatic carbocycles. The van der Waals surface area contributed by atoms with Crippen LogP contribution in [-0.4, -0.2) is 12.7 Å². The summed E-state index contributed by atoms with van der Waals surface area (Å²) in [6.07, 6.45) is 4.18. The topological polar surface area (TPSA) is 9.23 Å². The number of ether oxygens (including phenoxy) is 1. The molecule has 1 aromatic rings. The Labute approximate surface area is 92.5 Å². The van der Waals surface area contributed by atoms with Crippen LogP contribution in [0.1, 0.15) is 30.9 Å². The minimum Gasteiger partial charge on any atom is -0.378 e. The summed E-state index contributed by atoms with van der Waals surface area (Å²) in [7, 11) is 0. The Hall–Kier alpha value is -0.820. The lowest BCUT2D eigenvalue weighted by atomic mass is 9.92. The maximum absolute atomic E-state index is 5.69. The first-order valence-corrected chi connectivity index (χ1v) is 5.91. The molecule has 1 heteroatoms. The van der Waals surface area contributed by atoms with E-state index in [0.717, 1.165) is 12.5 Å². The average molecular weight is 204 g/mol. The summed E-state index contributed by atoms with van der Waals surface area (Å²) in [5, 5.41) is 0. The van der Waals surface area contributed by atoms with Crippen LogP contribution in [0.3, 0.4) is 0 Å². The third-order valence-corrected chi connectivity index (χ3v) is 3.24. The highest BCUT2D eigenvalue weighted by molar-refractivity contribution is 5.21. The van der Waals surface area contributed by atoms with E-state index >= 15 is 0 Å². The zero-order chi connectivity index (χ0) is 10.7. The smallest absolute Gasteiger partial charge is 0.0547 e. The minimum absolute atomic E-state index is 0.472. The summed E-state index contributed by atoms with van der Waals surface area (Å²) in [5.74, 6) is 0.726. The number of benzene rings is 1. The van der Waals surface area contributed by atoms with E-state index < -0.39 is 0 Å². The molecule has 1 aliphatic rings. The summed E-state index contributed by atoms with van der Waals surface area (Å²) in [6, 6.07) is 8.88. The van der Waals surface area contributed by atoms with E-state index in [0.29, 0.717) is 6.10 Å². The minimum atomic E-state index is 0.472. The fourth-order valence-electron chi connectivity index (χ4n) is 2.16. The average Bonchev–Trinajstić information content (AvgIpc) is 2.25. The van der Waals surface area contributed by atoms with Gasteiger partial charge in [0, 0.05) is 0 Å². The van der Waals surface area contributed by atoms with Crippen molar-refractivity contribution in [2.24, 2.45) is 5.92 Å². The van der Waals surface area contributed by atoms with E-state index in [9.17, 15) is 0 Å². The zero-order valence-corrected chi connectivity index (χ0v) is 9.70. The van der Waals surface area contributed by atoms with E-state index in [-0.39, 0.29) is 0 Å².